The normalized spacial score (nSPS) is 13.6. The van der Waals surface area contributed by atoms with Gasteiger partial charge in [-0.25, -0.2) is 8.78 Å². The molecule has 0 aromatic heterocycles. The lowest BCUT2D eigenvalue weighted by atomic mass is 10.1. The van der Waals surface area contributed by atoms with Crippen molar-refractivity contribution in [2.24, 2.45) is 0 Å². The Balaban J connectivity index is 1.47. The first-order valence-corrected chi connectivity index (χ1v) is 7.96. The van der Waals surface area contributed by atoms with Gasteiger partial charge in [-0.05, 0) is 42.8 Å². The molecule has 0 fully saturated rings. The standard InChI is InChI=1S/C18H18F2N2O3/c1-11(13-3-4-14(19)15(20)7-13)21-9-18(23)22-8-12-2-5-16-17(6-12)25-10-24-16/h2-7,11,21H,8-10H2,1H3,(H,22,23)/p+1/t11-/m1/s1. The van der Waals surface area contributed by atoms with E-state index in [0.29, 0.717) is 23.6 Å². The molecule has 1 aliphatic rings. The van der Waals surface area contributed by atoms with Crippen molar-refractivity contribution in [1.82, 2.24) is 5.32 Å². The summed E-state index contributed by atoms with van der Waals surface area (Å²) in [6.45, 7) is 2.60. The van der Waals surface area contributed by atoms with Crippen LogP contribution < -0.4 is 20.1 Å². The van der Waals surface area contributed by atoms with E-state index >= 15 is 0 Å². The molecule has 5 nitrogen and oxygen atoms in total. The topological polar surface area (TPSA) is 64.2 Å². The number of halogens is 2. The maximum absolute atomic E-state index is 13.3. The molecular weight excluding hydrogens is 330 g/mol. The fraction of sp³-hybridized carbons (Fsp3) is 0.278. The number of benzene rings is 2. The Morgan fingerprint density at radius 2 is 1.96 bits per heavy atom. The van der Waals surface area contributed by atoms with E-state index in [9.17, 15) is 13.6 Å². The van der Waals surface area contributed by atoms with Crippen LogP contribution >= 0.6 is 0 Å². The quantitative estimate of drug-likeness (QED) is 0.833. The summed E-state index contributed by atoms with van der Waals surface area (Å²) in [5.74, 6) is -0.538. The number of rotatable bonds is 6. The van der Waals surface area contributed by atoms with Crippen molar-refractivity contribution in [3.05, 3.63) is 59.2 Å². The average molecular weight is 349 g/mol. The van der Waals surface area contributed by atoms with E-state index in [1.165, 1.54) is 6.07 Å². The van der Waals surface area contributed by atoms with Crippen LogP contribution in [0.5, 0.6) is 11.5 Å². The van der Waals surface area contributed by atoms with Gasteiger partial charge in [-0.1, -0.05) is 6.07 Å². The zero-order valence-corrected chi connectivity index (χ0v) is 13.7. The minimum absolute atomic E-state index is 0.146. The molecule has 132 valence electrons. The molecule has 3 N–H and O–H groups in total. The zero-order chi connectivity index (χ0) is 17.8. The van der Waals surface area contributed by atoms with Gasteiger partial charge in [-0.3, -0.25) is 4.79 Å². The number of quaternary nitrogens is 1. The third-order valence-electron chi connectivity index (χ3n) is 4.05. The number of hydrogen-bond donors (Lipinski definition) is 2. The maximum Gasteiger partial charge on any atom is 0.275 e. The highest BCUT2D eigenvalue weighted by Crippen LogP contribution is 2.32. The van der Waals surface area contributed by atoms with Gasteiger partial charge in [0.2, 0.25) is 6.79 Å². The molecule has 2 aromatic carbocycles. The summed E-state index contributed by atoms with van der Waals surface area (Å²) < 4.78 is 36.7. The van der Waals surface area contributed by atoms with Crippen molar-refractivity contribution >= 4 is 5.91 Å². The number of nitrogens with two attached hydrogens (primary N) is 1. The summed E-state index contributed by atoms with van der Waals surface area (Å²) in [6, 6.07) is 9.10. The van der Waals surface area contributed by atoms with Crippen molar-refractivity contribution in [2.75, 3.05) is 13.3 Å². The molecule has 0 aliphatic carbocycles. The van der Waals surface area contributed by atoms with Crippen LogP contribution in [-0.4, -0.2) is 19.2 Å². The van der Waals surface area contributed by atoms with Gasteiger partial charge in [0.25, 0.3) is 5.91 Å². The molecule has 0 saturated carbocycles. The minimum Gasteiger partial charge on any atom is -0.454 e. The highest BCUT2D eigenvalue weighted by molar-refractivity contribution is 5.76. The highest BCUT2D eigenvalue weighted by atomic mass is 19.2. The highest BCUT2D eigenvalue weighted by Gasteiger charge is 2.15. The summed E-state index contributed by atoms with van der Waals surface area (Å²) in [5.41, 5.74) is 1.54. The fourth-order valence-electron chi connectivity index (χ4n) is 2.54. The average Bonchev–Trinajstić information content (AvgIpc) is 3.08. The van der Waals surface area contributed by atoms with Crippen LogP contribution in [0.2, 0.25) is 0 Å². The smallest absolute Gasteiger partial charge is 0.275 e. The third kappa shape index (κ3) is 4.24. The van der Waals surface area contributed by atoms with Crippen molar-refractivity contribution in [2.45, 2.75) is 19.5 Å². The van der Waals surface area contributed by atoms with Gasteiger partial charge in [-0.2, -0.15) is 0 Å². The Labute approximate surface area is 143 Å². The molecule has 1 atom stereocenters. The zero-order valence-electron chi connectivity index (χ0n) is 13.7. The van der Waals surface area contributed by atoms with Crippen molar-refractivity contribution in [1.29, 1.82) is 0 Å². The number of ether oxygens (including phenoxy) is 2. The summed E-state index contributed by atoms with van der Waals surface area (Å²) in [6.07, 6.45) is 0. The first kappa shape index (κ1) is 17.2. The van der Waals surface area contributed by atoms with Crippen LogP contribution in [0.1, 0.15) is 24.1 Å². The SMILES string of the molecule is C[C@@H]([NH2+]CC(=O)NCc1ccc2c(c1)OCO2)c1ccc(F)c(F)c1. The molecule has 1 aliphatic heterocycles. The molecule has 0 unspecified atom stereocenters. The van der Waals surface area contributed by atoms with E-state index in [-0.39, 0.29) is 25.3 Å². The van der Waals surface area contributed by atoms with Crippen LogP contribution in [-0.2, 0) is 11.3 Å². The Morgan fingerprint density at radius 1 is 1.16 bits per heavy atom. The monoisotopic (exact) mass is 349 g/mol. The number of hydrogen-bond acceptors (Lipinski definition) is 3. The first-order chi connectivity index (χ1) is 12.0. The Kier molecular flexibility index (Phi) is 5.14. The molecule has 0 spiro atoms. The maximum atomic E-state index is 13.3. The number of carbonyl (C=O) groups excluding carboxylic acids is 1. The van der Waals surface area contributed by atoms with Gasteiger partial charge >= 0.3 is 0 Å². The molecule has 3 rings (SSSR count). The van der Waals surface area contributed by atoms with Gasteiger partial charge in [-0.15, -0.1) is 0 Å². The number of carbonyl (C=O) groups is 1. The van der Waals surface area contributed by atoms with Crippen LogP contribution in [0.15, 0.2) is 36.4 Å². The van der Waals surface area contributed by atoms with Crippen LogP contribution in [0.4, 0.5) is 8.78 Å². The van der Waals surface area contributed by atoms with Gasteiger partial charge in [0.05, 0.1) is 0 Å². The lowest BCUT2D eigenvalue weighted by Gasteiger charge is -2.11. The van der Waals surface area contributed by atoms with Gasteiger partial charge in [0, 0.05) is 12.1 Å². The molecular formula is C18H19F2N2O3+. The number of nitrogens with one attached hydrogen (secondary N) is 1. The molecule has 1 amide bonds. The van der Waals surface area contributed by atoms with Crippen LogP contribution in [0.3, 0.4) is 0 Å². The summed E-state index contributed by atoms with van der Waals surface area (Å²) in [5, 5.41) is 4.58. The van der Waals surface area contributed by atoms with Gasteiger partial charge < -0.3 is 20.1 Å². The van der Waals surface area contributed by atoms with Crippen LogP contribution in [0, 0.1) is 11.6 Å². The largest absolute Gasteiger partial charge is 0.454 e. The molecule has 25 heavy (non-hydrogen) atoms. The second-order valence-electron chi connectivity index (χ2n) is 5.87. The van der Waals surface area contributed by atoms with E-state index in [1.807, 2.05) is 19.1 Å². The molecule has 0 saturated heterocycles. The number of fused-ring (bicyclic) bond motifs is 1. The predicted molar refractivity (Wildman–Crippen MR) is 86.0 cm³/mol. The Hall–Kier alpha value is -2.67. The molecule has 7 heteroatoms. The molecule has 1 heterocycles. The lowest BCUT2D eigenvalue weighted by Crippen LogP contribution is -2.87. The van der Waals surface area contributed by atoms with Crippen molar-refractivity contribution < 1.29 is 28.4 Å². The summed E-state index contributed by atoms with van der Waals surface area (Å²) in [7, 11) is 0. The molecule has 0 radical (unpaired) electrons. The summed E-state index contributed by atoms with van der Waals surface area (Å²) in [4.78, 5) is 12.0. The minimum atomic E-state index is -0.884. The second kappa shape index (κ2) is 7.48. The van der Waals surface area contributed by atoms with E-state index in [1.54, 1.807) is 11.4 Å². The van der Waals surface area contributed by atoms with E-state index in [0.717, 1.165) is 17.7 Å². The third-order valence-corrected chi connectivity index (χ3v) is 4.05. The fourth-order valence-corrected chi connectivity index (χ4v) is 2.54. The summed E-state index contributed by atoms with van der Waals surface area (Å²) >= 11 is 0. The first-order valence-electron chi connectivity index (χ1n) is 7.96. The van der Waals surface area contributed by atoms with Crippen molar-refractivity contribution in [3.63, 3.8) is 0 Å². The molecule has 0 bridgehead atoms. The Bertz CT molecular complexity index is 783. The second-order valence-corrected chi connectivity index (χ2v) is 5.87. The lowest BCUT2D eigenvalue weighted by molar-refractivity contribution is -0.682. The van der Waals surface area contributed by atoms with E-state index < -0.39 is 11.6 Å². The van der Waals surface area contributed by atoms with Gasteiger partial charge in [0.15, 0.2) is 29.7 Å². The Morgan fingerprint density at radius 3 is 2.76 bits per heavy atom. The molecule has 2 aromatic rings. The number of amides is 1. The van der Waals surface area contributed by atoms with E-state index in [4.69, 9.17) is 9.47 Å². The van der Waals surface area contributed by atoms with Gasteiger partial charge in [0.1, 0.15) is 6.04 Å². The predicted octanol–water partition coefficient (Wildman–Crippen LogP) is 1.63. The van der Waals surface area contributed by atoms with Crippen LogP contribution in [0.25, 0.3) is 0 Å². The van der Waals surface area contributed by atoms with E-state index in [2.05, 4.69) is 5.32 Å². The van der Waals surface area contributed by atoms with Crippen molar-refractivity contribution in [3.8, 4) is 11.5 Å².